The molecule has 2 heterocycles. The summed E-state index contributed by atoms with van der Waals surface area (Å²) < 4.78 is 1.57. The molecule has 0 saturated carbocycles. The van der Waals surface area contributed by atoms with Crippen LogP contribution in [0.5, 0.6) is 0 Å². The predicted molar refractivity (Wildman–Crippen MR) is 65.1 cm³/mol. The molecule has 0 fully saturated rings. The van der Waals surface area contributed by atoms with Gasteiger partial charge in [-0.15, -0.1) is 0 Å². The first-order chi connectivity index (χ1) is 7.16. The minimum atomic E-state index is 0.417. The van der Waals surface area contributed by atoms with Gasteiger partial charge in [0.15, 0.2) is 5.82 Å². The molecule has 0 atom stereocenters. The lowest BCUT2D eigenvalue weighted by molar-refractivity contribution is 1.16. The largest absolute Gasteiger partial charge is 0.383 e. The Hall–Kier alpha value is -1.01. The van der Waals surface area contributed by atoms with E-state index in [1.165, 1.54) is 0 Å². The zero-order chi connectivity index (χ0) is 10.8. The van der Waals surface area contributed by atoms with Crippen molar-refractivity contribution >= 4 is 37.7 Å². The van der Waals surface area contributed by atoms with E-state index < -0.39 is 0 Å². The van der Waals surface area contributed by atoms with E-state index in [1.807, 2.05) is 6.07 Å². The maximum Gasteiger partial charge on any atom is 0.163 e. The summed E-state index contributed by atoms with van der Waals surface area (Å²) in [6, 6.07) is 1.88. The number of rotatable bonds is 1. The fourth-order valence-electron chi connectivity index (χ4n) is 1.05. The lowest BCUT2D eigenvalue weighted by Crippen LogP contribution is -1.96. The third-order valence-electron chi connectivity index (χ3n) is 1.73. The fraction of sp³-hybridized carbons (Fsp3) is 0. The molecule has 0 spiro atoms. The van der Waals surface area contributed by atoms with Crippen molar-refractivity contribution in [3.05, 3.63) is 33.6 Å². The lowest BCUT2D eigenvalue weighted by Gasteiger charge is -2.02. The highest BCUT2D eigenvalue weighted by molar-refractivity contribution is 9.10. The van der Waals surface area contributed by atoms with Gasteiger partial charge in [-0.05, 0) is 37.9 Å². The van der Waals surface area contributed by atoms with Gasteiger partial charge in [0.2, 0.25) is 0 Å². The molecule has 0 aliphatic carbocycles. The van der Waals surface area contributed by atoms with Crippen LogP contribution in [0.2, 0.25) is 0 Å². The molecule has 6 heteroatoms. The number of halogens is 2. The highest BCUT2D eigenvalue weighted by Gasteiger charge is 2.04. The van der Waals surface area contributed by atoms with Gasteiger partial charge in [0.1, 0.15) is 5.82 Å². The molecule has 0 aliphatic heterocycles. The Balaban J connectivity index is 2.50. The number of nitrogens with zero attached hydrogens (tertiary/aromatic N) is 3. The third-order valence-corrected chi connectivity index (χ3v) is 2.78. The van der Waals surface area contributed by atoms with Gasteiger partial charge in [-0.25, -0.2) is 9.97 Å². The Bertz CT molecular complexity index is 501. The zero-order valence-corrected chi connectivity index (χ0v) is 10.7. The van der Waals surface area contributed by atoms with Gasteiger partial charge < -0.3 is 5.73 Å². The van der Waals surface area contributed by atoms with Gasteiger partial charge in [0.05, 0.1) is 4.47 Å². The van der Waals surface area contributed by atoms with E-state index in [1.54, 1.807) is 18.6 Å². The van der Waals surface area contributed by atoms with Gasteiger partial charge in [-0.3, -0.25) is 4.98 Å². The van der Waals surface area contributed by atoms with Crippen molar-refractivity contribution < 1.29 is 0 Å². The monoisotopic (exact) mass is 328 g/mol. The molecule has 0 unspecified atom stereocenters. The number of aromatic nitrogens is 3. The van der Waals surface area contributed by atoms with Gasteiger partial charge in [-0.1, -0.05) is 0 Å². The predicted octanol–water partition coefficient (Wildman–Crippen LogP) is 2.65. The summed E-state index contributed by atoms with van der Waals surface area (Å²) in [7, 11) is 0. The minimum absolute atomic E-state index is 0.417. The zero-order valence-electron chi connectivity index (χ0n) is 7.48. The van der Waals surface area contributed by atoms with Crippen molar-refractivity contribution in [1.82, 2.24) is 15.0 Å². The smallest absolute Gasteiger partial charge is 0.163 e. The maximum absolute atomic E-state index is 5.67. The van der Waals surface area contributed by atoms with E-state index in [9.17, 15) is 0 Å². The summed E-state index contributed by atoms with van der Waals surface area (Å²) in [6.07, 6.45) is 5.01. The van der Waals surface area contributed by atoms with E-state index in [0.29, 0.717) is 16.1 Å². The van der Waals surface area contributed by atoms with E-state index in [2.05, 4.69) is 46.8 Å². The average molecular weight is 330 g/mol. The molecule has 2 rings (SSSR count). The number of nitrogen functional groups attached to an aromatic ring is 1. The summed E-state index contributed by atoms with van der Waals surface area (Å²) in [6.45, 7) is 0. The molecule has 4 nitrogen and oxygen atoms in total. The molecular formula is C9H6Br2N4. The quantitative estimate of drug-likeness (QED) is 0.873. The molecule has 0 aromatic carbocycles. The Morgan fingerprint density at radius 3 is 2.60 bits per heavy atom. The summed E-state index contributed by atoms with van der Waals surface area (Å²) >= 11 is 6.58. The topological polar surface area (TPSA) is 64.7 Å². The van der Waals surface area contributed by atoms with E-state index in [-0.39, 0.29) is 0 Å². The molecule has 0 aliphatic rings. The van der Waals surface area contributed by atoms with Crippen LogP contribution in [0.15, 0.2) is 33.6 Å². The van der Waals surface area contributed by atoms with Crippen LogP contribution in [0, 0.1) is 0 Å². The highest BCUT2D eigenvalue weighted by atomic mass is 79.9. The lowest BCUT2D eigenvalue weighted by atomic mass is 10.3. The van der Waals surface area contributed by atoms with Crippen LogP contribution in [0.3, 0.4) is 0 Å². The molecular weight excluding hydrogens is 324 g/mol. The van der Waals surface area contributed by atoms with Crippen molar-refractivity contribution in [3.63, 3.8) is 0 Å². The average Bonchev–Trinajstić information content (AvgIpc) is 2.22. The van der Waals surface area contributed by atoms with Gasteiger partial charge in [-0.2, -0.15) is 0 Å². The van der Waals surface area contributed by atoms with Crippen molar-refractivity contribution in [2.45, 2.75) is 0 Å². The van der Waals surface area contributed by atoms with Crippen molar-refractivity contribution in [3.8, 4) is 11.4 Å². The first kappa shape index (κ1) is 10.5. The third kappa shape index (κ3) is 2.32. The molecule has 2 aromatic heterocycles. The van der Waals surface area contributed by atoms with Gasteiger partial charge in [0.25, 0.3) is 0 Å². The minimum Gasteiger partial charge on any atom is -0.383 e. The number of hydrogen-bond acceptors (Lipinski definition) is 4. The Kier molecular flexibility index (Phi) is 2.97. The van der Waals surface area contributed by atoms with Gasteiger partial charge in [0, 0.05) is 28.6 Å². The molecule has 0 amide bonds. The standard InChI is InChI=1S/C9H6Br2N4/c10-6-1-5(2-13-3-6)9-14-4-7(11)8(12)15-9/h1-4H,(H2,12,14,15). The van der Waals surface area contributed by atoms with E-state index in [4.69, 9.17) is 5.73 Å². The first-order valence-corrected chi connectivity index (χ1v) is 5.64. The number of hydrogen-bond donors (Lipinski definition) is 1. The van der Waals surface area contributed by atoms with E-state index in [0.717, 1.165) is 10.0 Å². The SMILES string of the molecule is Nc1nc(-c2cncc(Br)c2)ncc1Br. The Labute approximate surface area is 103 Å². The summed E-state index contributed by atoms with van der Waals surface area (Å²) in [5.74, 6) is 0.976. The molecule has 2 N–H and O–H groups in total. The van der Waals surface area contributed by atoms with Crippen LogP contribution in [0.4, 0.5) is 5.82 Å². The number of pyridine rings is 1. The van der Waals surface area contributed by atoms with Crippen LogP contribution in [-0.2, 0) is 0 Å². The summed E-state index contributed by atoms with van der Waals surface area (Å²) in [5, 5.41) is 0. The molecule has 0 saturated heterocycles. The van der Waals surface area contributed by atoms with Crippen molar-refractivity contribution in [2.24, 2.45) is 0 Å². The molecule has 0 radical (unpaired) electrons. The van der Waals surface area contributed by atoms with E-state index >= 15 is 0 Å². The first-order valence-electron chi connectivity index (χ1n) is 4.06. The molecule has 0 bridgehead atoms. The Morgan fingerprint density at radius 1 is 1.13 bits per heavy atom. The van der Waals surface area contributed by atoms with Crippen LogP contribution in [0.1, 0.15) is 0 Å². The fourth-order valence-corrected chi connectivity index (χ4v) is 1.61. The number of anilines is 1. The Morgan fingerprint density at radius 2 is 1.93 bits per heavy atom. The van der Waals surface area contributed by atoms with Crippen LogP contribution in [0.25, 0.3) is 11.4 Å². The van der Waals surface area contributed by atoms with Crippen molar-refractivity contribution in [1.29, 1.82) is 0 Å². The highest BCUT2D eigenvalue weighted by Crippen LogP contribution is 2.22. The van der Waals surface area contributed by atoms with Gasteiger partial charge >= 0.3 is 0 Å². The molecule has 2 aromatic rings. The molecule has 76 valence electrons. The molecule has 15 heavy (non-hydrogen) atoms. The van der Waals surface area contributed by atoms with Crippen LogP contribution < -0.4 is 5.73 Å². The van der Waals surface area contributed by atoms with Crippen LogP contribution >= 0.6 is 31.9 Å². The maximum atomic E-state index is 5.67. The second-order valence-electron chi connectivity index (χ2n) is 2.82. The van der Waals surface area contributed by atoms with Crippen molar-refractivity contribution in [2.75, 3.05) is 5.73 Å². The van der Waals surface area contributed by atoms with Crippen LogP contribution in [-0.4, -0.2) is 15.0 Å². The summed E-state index contributed by atoms with van der Waals surface area (Å²) in [4.78, 5) is 12.3. The normalized spacial score (nSPS) is 10.3. The second kappa shape index (κ2) is 4.24. The number of nitrogens with two attached hydrogens (primary N) is 1. The summed E-state index contributed by atoms with van der Waals surface area (Å²) in [5.41, 5.74) is 6.49. The second-order valence-corrected chi connectivity index (χ2v) is 4.59.